The highest BCUT2D eigenvalue weighted by Crippen LogP contribution is 2.46. The van der Waals surface area contributed by atoms with Crippen molar-refractivity contribution in [3.8, 4) is 23.0 Å². The fourth-order valence-corrected chi connectivity index (χ4v) is 6.01. The van der Waals surface area contributed by atoms with Gasteiger partial charge in [0, 0.05) is 10.0 Å². The van der Waals surface area contributed by atoms with Crippen LogP contribution in [0.5, 0.6) is 23.0 Å². The van der Waals surface area contributed by atoms with Gasteiger partial charge < -0.3 is 18.9 Å². The summed E-state index contributed by atoms with van der Waals surface area (Å²) in [7, 11) is 0. The number of aryl methyl sites for hydroxylation is 1. The molecule has 0 aliphatic heterocycles. The molecule has 0 atom stereocenters. The lowest BCUT2D eigenvalue weighted by molar-refractivity contribution is 0.0720. The van der Waals surface area contributed by atoms with E-state index in [4.69, 9.17) is 42.1 Å². The van der Waals surface area contributed by atoms with Crippen molar-refractivity contribution in [1.82, 2.24) is 0 Å². The average molecular weight is 796 g/mol. The Morgan fingerprint density at radius 2 is 1.11 bits per heavy atom. The SMILES string of the molecule is CCCCCCCCCCCCOc1c(N=Nc2ccc(OC(=O)c3ccc(C)cc3)cc2)ccc(OC(=O)c2ccc(Cl)cc2)c1OCc1ccc(Cl)cc1. The maximum absolute atomic E-state index is 13.3. The van der Waals surface area contributed by atoms with Crippen molar-refractivity contribution >= 4 is 46.5 Å². The fourth-order valence-electron chi connectivity index (χ4n) is 5.76. The van der Waals surface area contributed by atoms with Crippen LogP contribution in [0.4, 0.5) is 11.4 Å². The summed E-state index contributed by atoms with van der Waals surface area (Å²) in [5.74, 6) is 0.00562. The summed E-state index contributed by atoms with van der Waals surface area (Å²) in [6.07, 6.45) is 11.9. The van der Waals surface area contributed by atoms with Gasteiger partial charge in [-0.2, -0.15) is 5.11 Å². The van der Waals surface area contributed by atoms with Crippen LogP contribution in [0.15, 0.2) is 119 Å². The summed E-state index contributed by atoms with van der Waals surface area (Å²) < 4.78 is 24.3. The molecule has 10 heteroatoms. The first kappa shape index (κ1) is 42.0. The second kappa shape index (κ2) is 22.4. The second-order valence-electron chi connectivity index (χ2n) is 13.5. The number of hydrogen-bond acceptors (Lipinski definition) is 8. The maximum Gasteiger partial charge on any atom is 0.343 e. The molecule has 0 aliphatic carbocycles. The van der Waals surface area contributed by atoms with Gasteiger partial charge in [-0.25, -0.2) is 9.59 Å². The molecule has 8 nitrogen and oxygen atoms in total. The van der Waals surface area contributed by atoms with Crippen molar-refractivity contribution in [3.63, 3.8) is 0 Å². The number of unbranched alkanes of at least 4 members (excludes halogenated alkanes) is 9. The summed E-state index contributed by atoms with van der Waals surface area (Å²) in [5, 5.41) is 10.1. The van der Waals surface area contributed by atoms with Crippen molar-refractivity contribution in [2.75, 3.05) is 6.61 Å². The number of rotatable bonds is 21. The van der Waals surface area contributed by atoms with Gasteiger partial charge in [0.05, 0.1) is 23.4 Å². The number of carbonyl (C=O) groups excluding carboxylic acids is 2. The lowest BCUT2D eigenvalue weighted by Gasteiger charge is -2.18. The minimum atomic E-state index is -0.587. The molecule has 56 heavy (non-hydrogen) atoms. The Kier molecular flexibility index (Phi) is 16.8. The topological polar surface area (TPSA) is 95.8 Å². The molecule has 0 saturated heterocycles. The molecule has 0 bridgehead atoms. The van der Waals surface area contributed by atoms with E-state index in [1.165, 1.54) is 44.9 Å². The van der Waals surface area contributed by atoms with Gasteiger partial charge in [-0.05, 0) is 104 Å². The third-order valence-corrected chi connectivity index (χ3v) is 9.49. The number of nitrogens with zero attached hydrogens (tertiary/aromatic N) is 2. The van der Waals surface area contributed by atoms with E-state index in [2.05, 4.69) is 17.2 Å². The molecule has 0 saturated carbocycles. The Morgan fingerprint density at radius 1 is 0.554 bits per heavy atom. The van der Waals surface area contributed by atoms with Crippen molar-refractivity contribution in [3.05, 3.63) is 141 Å². The number of carbonyl (C=O) groups is 2. The lowest BCUT2D eigenvalue weighted by atomic mass is 10.1. The zero-order chi connectivity index (χ0) is 39.5. The van der Waals surface area contributed by atoms with Crippen LogP contribution in [0.2, 0.25) is 10.0 Å². The van der Waals surface area contributed by atoms with Gasteiger partial charge in [0.1, 0.15) is 18.0 Å². The monoisotopic (exact) mass is 794 g/mol. The van der Waals surface area contributed by atoms with Crippen molar-refractivity contribution < 1.29 is 28.5 Å². The molecular formula is C46H48Cl2N2O6. The normalized spacial score (nSPS) is 11.1. The summed E-state index contributed by atoms with van der Waals surface area (Å²) in [6, 6.07) is 30.9. The van der Waals surface area contributed by atoms with E-state index < -0.39 is 11.9 Å². The van der Waals surface area contributed by atoms with Crippen LogP contribution in [-0.4, -0.2) is 18.5 Å². The van der Waals surface area contributed by atoms with Crippen LogP contribution < -0.4 is 18.9 Å². The first-order chi connectivity index (χ1) is 27.3. The smallest absolute Gasteiger partial charge is 0.343 e. The average Bonchev–Trinajstić information content (AvgIpc) is 3.20. The summed E-state index contributed by atoms with van der Waals surface area (Å²) in [4.78, 5) is 25.9. The van der Waals surface area contributed by atoms with Gasteiger partial charge >= 0.3 is 11.9 Å². The largest absolute Gasteiger partial charge is 0.487 e. The Balaban J connectivity index is 1.36. The molecule has 5 rings (SSSR count). The summed E-state index contributed by atoms with van der Waals surface area (Å²) in [6.45, 7) is 4.73. The Hall–Kier alpha value is -5.18. The number of azo groups is 1. The molecule has 0 amide bonds. The number of hydrogen-bond donors (Lipinski definition) is 0. The third kappa shape index (κ3) is 13.5. The van der Waals surface area contributed by atoms with E-state index in [-0.39, 0.29) is 18.1 Å². The molecule has 0 unspecified atom stereocenters. The number of benzene rings is 5. The standard InChI is InChI=1S/C46H48Cl2N2O6/c1-3-4-5-6-7-8-9-10-11-12-31-53-43-41(50-49-39-25-27-40(28-26-39)55-45(51)35-17-13-33(2)14-18-35)29-30-42(56-46(52)36-19-23-38(48)24-20-36)44(43)54-32-34-15-21-37(47)22-16-34/h13-30H,3-12,31-32H2,1-2H3. The van der Waals surface area contributed by atoms with Gasteiger partial charge in [-0.3, -0.25) is 0 Å². The fraction of sp³-hybridized carbons (Fsp3) is 0.304. The van der Waals surface area contributed by atoms with Crippen LogP contribution >= 0.6 is 23.2 Å². The minimum Gasteiger partial charge on any atom is -0.487 e. The van der Waals surface area contributed by atoms with Gasteiger partial charge in [-0.1, -0.05) is 118 Å². The molecule has 0 fully saturated rings. The number of esters is 2. The number of ether oxygens (including phenoxy) is 4. The zero-order valence-corrected chi connectivity index (χ0v) is 33.5. The molecular weight excluding hydrogens is 747 g/mol. The van der Waals surface area contributed by atoms with Gasteiger partial charge in [-0.15, -0.1) is 5.11 Å². The second-order valence-corrected chi connectivity index (χ2v) is 14.4. The van der Waals surface area contributed by atoms with Crippen molar-refractivity contribution in [2.45, 2.75) is 84.7 Å². The van der Waals surface area contributed by atoms with Gasteiger partial charge in [0.15, 0.2) is 11.5 Å². The Labute approximate surface area is 339 Å². The molecule has 5 aromatic carbocycles. The summed E-state index contributed by atoms with van der Waals surface area (Å²) in [5.41, 5.74) is 3.58. The van der Waals surface area contributed by atoms with E-state index in [1.807, 2.05) is 31.2 Å². The van der Waals surface area contributed by atoms with Crippen LogP contribution in [0.3, 0.4) is 0 Å². The van der Waals surface area contributed by atoms with Crippen molar-refractivity contribution in [2.24, 2.45) is 10.2 Å². The predicted molar refractivity (Wildman–Crippen MR) is 223 cm³/mol. The van der Waals surface area contributed by atoms with Crippen LogP contribution in [-0.2, 0) is 6.61 Å². The molecule has 0 spiro atoms. The van der Waals surface area contributed by atoms with Gasteiger partial charge in [0.25, 0.3) is 0 Å². The first-order valence-electron chi connectivity index (χ1n) is 19.2. The highest BCUT2D eigenvalue weighted by Gasteiger charge is 2.22. The third-order valence-electron chi connectivity index (χ3n) is 8.99. The lowest BCUT2D eigenvalue weighted by Crippen LogP contribution is -2.10. The highest BCUT2D eigenvalue weighted by molar-refractivity contribution is 6.30. The zero-order valence-electron chi connectivity index (χ0n) is 32.0. The molecule has 5 aromatic rings. The van der Waals surface area contributed by atoms with E-state index >= 15 is 0 Å². The molecule has 0 aliphatic rings. The number of halogens is 2. The van der Waals surface area contributed by atoms with Crippen LogP contribution in [0, 0.1) is 6.92 Å². The van der Waals surface area contributed by atoms with E-state index in [0.29, 0.717) is 50.7 Å². The Bertz CT molecular complexity index is 2020. The molecule has 292 valence electrons. The van der Waals surface area contributed by atoms with Crippen LogP contribution in [0.1, 0.15) is 103 Å². The highest BCUT2D eigenvalue weighted by atomic mass is 35.5. The van der Waals surface area contributed by atoms with Crippen LogP contribution in [0.25, 0.3) is 0 Å². The molecule has 0 N–H and O–H groups in total. The molecule has 0 radical (unpaired) electrons. The van der Waals surface area contributed by atoms with E-state index in [9.17, 15) is 9.59 Å². The minimum absolute atomic E-state index is 0.140. The van der Waals surface area contributed by atoms with Crippen molar-refractivity contribution in [1.29, 1.82) is 0 Å². The van der Waals surface area contributed by atoms with Gasteiger partial charge in [0.2, 0.25) is 5.75 Å². The van der Waals surface area contributed by atoms with E-state index in [0.717, 1.165) is 30.4 Å². The molecule has 0 heterocycles. The summed E-state index contributed by atoms with van der Waals surface area (Å²) >= 11 is 12.2. The maximum atomic E-state index is 13.3. The predicted octanol–water partition coefficient (Wildman–Crippen LogP) is 14.0. The van der Waals surface area contributed by atoms with E-state index in [1.54, 1.807) is 84.9 Å². The quantitative estimate of drug-likeness (QED) is 0.0318. The first-order valence-corrected chi connectivity index (χ1v) is 20.0. The Morgan fingerprint density at radius 3 is 1.73 bits per heavy atom. The molecule has 0 aromatic heterocycles.